The van der Waals surface area contributed by atoms with Gasteiger partial charge in [0.15, 0.2) is 0 Å². The van der Waals surface area contributed by atoms with Crippen molar-refractivity contribution in [3.63, 3.8) is 0 Å². The van der Waals surface area contributed by atoms with Gasteiger partial charge in [-0.3, -0.25) is 4.99 Å². The normalized spacial score (nSPS) is 10.8. The molecule has 0 aliphatic rings. The van der Waals surface area contributed by atoms with Crippen LogP contribution < -0.4 is 4.74 Å². The Kier molecular flexibility index (Phi) is 4.79. The van der Waals surface area contributed by atoms with Crippen LogP contribution in [-0.4, -0.2) is 6.21 Å². The van der Waals surface area contributed by atoms with Crippen molar-refractivity contribution in [2.45, 2.75) is 6.61 Å². The van der Waals surface area contributed by atoms with Crippen molar-refractivity contribution < 1.29 is 9.13 Å². The summed E-state index contributed by atoms with van der Waals surface area (Å²) in [5.74, 6) is 0.501. The molecule has 3 aromatic carbocycles. The number of halogens is 1. The molecule has 0 aliphatic heterocycles. The van der Waals surface area contributed by atoms with Crippen molar-refractivity contribution in [2.24, 2.45) is 4.99 Å². The van der Waals surface area contributed by atoms with Gasteiger partial charge in [-0.05, 0) is 42.0 Å². The standard InChI is InChI=1S/C20H16FNO/c21-18-12-10-16(11-13-18)15-23-20-9-5-4-6-17(20)14-22-19-7-2-1-3-8-19/h1-14H,15H2. The van der Waals surface area contributed by atoms with Gasteiger partial charge in [0, 0.05) is 11.8 Å². The Balaban J connectivity index is 1.73. The Hall–Kier alpha value is -2.94. The van der Waals surface area contributed by atoms with E-state index < -0.39 is 0 Å². The highest BCUT2D eigenvalue weighted by Gasteiger charge is 2.02. The molecule has 0 aliphatic carbocycles. The van der Waals surface area contributed by atoms with Crippen LogP contribution in [0.15, 0.2) is 83.9 Å². The molecule has 0 fully saturated rings. The molecule has 0 radical (unpaired) electrons. The average molecular weight is 305 g/mol. The van der Waals surface area contributed by atoms with Crippen LogP contribution in [0.3, 0.4) is 0 Å². The molecular formula is C20H16FNO. The summed E-state index contributed by atoms with van der Waals surface area (Å²) >= 11 is 0. The van der Waals surface area contributed by atoms with Crippen molar-refractivity contribution >= 4 is 11.9 Å². The van der Waals surface area contributed by atoms with E-state index in [1.165, 1.54) is 12.1 Å². The zero-order chi connectivity index (χ0) is 15.9. The summed E-state index contributed by atoms with van der Waals surface area (Å²) < 4.78 is 18.8. The Labute approximate surface area is 134 Å². The lowest BCUT2D eigenvalue weighted by atomic mass is 10.2. The number of hydrogen-bond donors (Lipinski definition) is 0. The van der Waals surface area contributed by atoms with E-state index in [0.29, 0.717) is 6.61 Å². The maximum absolute atomic E-state index is 12.9. The predicted octanol–water partition coefficient (Wildman–Crippen LogP) is 5.16. The summed E-state index contributed by atoms with van der Waals surface area (Å²) in [6.45, 7) is 0.385. The van der Waals surface area contributed by atoms with Crippen molar-refractivity contribution in [1.82, 2.24) is 0 Å². The van der Waals surface area contributed by atoms with Gasteiger partial charge in [-0.1, -0.05) is 42.5 Å². The van der Waals surface area contributed by atoms with Crippen LogP contribution >= 0.6 is 0 Å². The molecule has 0 heterocycles. The lowest BCUT2D eigenvalue weighted by Gasteiger charge is -2.09. The Bertz CT molecular complexity index is 782. The third-order valence-electron chi connectivity index (χ3n) is 3.34. The van der Waals surface area contributed by atoms with Gasteiger partial charge in [-0.2, -0.15) is 0 Å². The van der Waals surface area contributed by atoms with Gasteiger partial charge in [0.05, 0.1) is 5.69 Å². The molecule has 3 aromatic rings. The van der Waals surface area contributed by atoms with Crippen LogP contribution in [0.25, 0.3) is 0 Å². The molecule has 3 heteroatoms. The number of nitrogens with zero attached hydrogens (tertiary/aromatic N) is 1. The highest BCUT2D eigenvalue weighted by molar-refractivity contribution is 5.85. The highest BCUT2D eigenvalue weighted by atomic mass is 19.1. The molecule has 3 rings (SSSR count). The second-order valence-corrected chi connectivity index (χ2v) is 5.05. The quantitative estimate of drug-likeness (QED) is 0.597. The number of hydrogen-bond acceptors (Lipinski definition) is 2. The molecule has 0 bridgehead atoms. The number of benzene rings is 3. The van der Waals surface area contributed by atoms with E-state index in [1.807, 2.05) is 54.6 Å². The van der Waals surface area contributed by atoms with Gasteiger partial charge in [0.1, 0.15) is 18.2 Å². The fraction of sp³-hybridized carbons (Fsp3) is 0.0500. The van der Waals surface area contributed by atoms with Crippen LogP contribution in [-0.2, 0) is 6.61 Å². The van der Waals surface area contributed by atoms with Gasteiger partial charge in [-0.25, -0.2) is 4.39 Å². The third-order valence-corrected chi connectivity index (χ3v) is 3.34. The van der Waals surface area contributed by atoms with Gasteiger partial charge >= 0.3 is 0 Å². The van der Waals surface area contributed by atoms with E-state index in [0.717, 1.165) is 22.6 Å². The number of para-hydroxylation sites is 2. The van der Waals surface area contributed by atoms with E-state index in [2.05, 4.69) is 4.99 Å². The zero-order valence-electron chi connectivity index (χ0n) is 12.5. The van der Waals surface area contributed by atoms with E-state index in [9.17, 15) is 4.39 Å². The largest absolute Gasteiger partial charge is 0.488 e. The predicted molar refractivity (Wildman–Crippen MR) is 90.9 cm³/mol. The number of rotatable bonds is 5. The molecule has 0 N–H and O–H groups in total. The van der Waals surface area contributed by atoms with Gasteiger partial charge in [-0.15, -0.1) is 0 Å². The molecule has 0 saturated carbocycles. The molecule has 0 aromatic heterocycles. The number of aliphatic imine (C=N–C) groups is 1. The number of ether oxygens (including phenoxy) is 1. The first kappa shape index (κ1) is 15.0. The average Bonchev–Trinajstić information content (AvgIpc) is 2.61. The van der Waals surface area contributed by atoms with Crippen molar-refractivity contribution in [3.8, 4) is 5.75 Å². The van der Waals surface area contributed by atoms with Crippen molar-refractivity contribution in [1.29, 1.82) is 0 Å². The van der Waals surface area contributed by atoms with Gasteiger partial charge in [0.2, 0.25) is 0 Å². The smallest absolute Gasteiger partial charge is 0.128 e. The summed E-state index contributed by atoms with van der Waals surface area (Å²) in [4.78, 5) is 4.45. The highest BCUT2D eigenvalue weighted by Crippen LogP contribution is 2.19. The molecule has 0 saturated heterocycles. The second-order valence-electron chi connectivity index (χ2n) is 5.05. The first-order valence-electron chi connectivity index (χ1n) is 7.37. The molecule has 114 valence electrons. The fourth-order valence-corrected chi connectivity index (χ4v) is 2.12. The molecule has 2 nitrogen and oxygen atoms in total. The van der Waals surface area contributed by atoms with Crippen molar-refractivity contribution in [3.05, 3.63) is 95.8 Å². The molecular weight excluding hydrogens is 289 g/mol. The molecule has 23 heavy (non-hydrogen) atoms. The summed E-state index contributed by atoms with van der Waals surface area (Å²) in [5, 5.41) is 0. The summed E-state index contributed by atoms with van der Waals surface area (Å²) in [5.41, 5.74) is 2.71. The van der Waals surface area contributed by atoms with E-state index in [-0.39, 0.29) is 5.82 Å². The first-order valence-corrected chi connectivity index (χ1v) is 7.37. The minimum absolute atomic E-state index is 0.246. The van der Waals surface area contributed by atoms with E-state index >= 15 is 0 Å². The molecule has 0 spiro atoms. The van der Waals surface area contributed by atoms with Crippen molar-refractivity contribution in [2.75, 3.05) is 0 Å². The van der Waals surface area contributed by atoms with Gasteiger partial charge < -0.3 is 4.74 Å². The van der Waals surface area contributed by atoms with Gasteiger partial charge in [0.25, 0.3) is 0 Å². The molecule has 0 amide bonds. The third kappa shape index (κ3) is 4.27. The summed E-state index contributed by atoms with van der Waals surface area (Å²) in [7, 11) is 0. The molecule has 0 atom stereocenters. The van der Waals surface area contributed by atoms with Crippen LogP contribution in [0, 0.1) is 5.82 Å². The van der Waals surface area contributed by atoms with Crippen LogP contribution in [0.5, 0.6) is 5.75 Å². The fourth-order valence-electron chi connectivity index (χ4n) is 2.12. The zero-order valence-corrected chi connectivity index (χ0v) is 12.5. The summed E-state index contributed by atoms with van der Waals surface area (Å²) in [6, 6.07) is 23.7. The Morgan fingerprint density at radius 1 is 0.826 bits per heavy atom. The lowest BCUT2D eigenvalue weighted by molar-refractivity contribution is 0.305. The van der Waals surface area contributed by atoms with E-state index in [1.54, 1.807) is 18.3 Å². The molecule has 0 unspecified atom stereocenters. The maximum Gasteiger partial charge on any atom is 0.128 e. The maximum atomic E-state index is 12.9. The summed E-state index contributed by atoms with van der Waals surface area (Å²) in [6.07, 6.45) is 1.79. The van der Waals surface area contributed by atoms with Crippen LogP contribution in [0.1, 0.15) is 11.1 Å². The Morgan fingerprint density at radius 2 is 1.52 bits per heavy atom. The minimum atomic E-state index is -0.246. The SMILES string of the molecule is Fc1ccc(COc2ccccc2C=Nc2ccccc2)cc1. The topological polar surface area (TPSA) is 21.6 Å². The second kappa shape index (κ2) is 7.36. The van der Waals surface area contributed by atoms with E-state index in [4.69, 9.17) is 4.74 Å². The Morgan fingerprint density at radius 3 is 2.30 bits per heavy atom. The van der Waals surface area contributed by atoms with Crippen LogP contribution in [0.4, 0.5) is 10.1 Å². The lowest BCUT2D eigenvalue weighted by Crippen LogP contribution is -1.98. The minimum Gasteiger partial charge on any atom is -0.488 e. The van der Waals surface area contributed by atoms with Crippen LogP contribution in [0.2, 0.25) is 0 Å². The monoisotopic (exact) mass is 305 g/mol. The first-order chi connectivity index (χ1) is 11.3.